The molecule has 0 aromatic heterocycles. The van der Waals surface area contributed by atoms with Gasteiger partial charge in [-0.1, -0.05) is 12.1 Å². The molecule has 0 spiro atoms. The minimum atomic E-state index is -3.40. The van der Waals surface area contributed by atoms with Crippen LogP contribution in [-0.2, 0) is 19.4 Å². The van der Waals surface area contributed by atoms with E-state index in [4.69, 9.17) is 5.11 Å². The van der Waals surface area contributed by atoms with Crippen LogP contribution in [0.4, 0.5) is 0 Å². The highest BCUT2D eigenvalue weighted by Crippen LogP contribution is 2.12. The second-order valence-electron chi connectivity index (χ2n) is 4.13. The first-order valence-corrected chi connectivity index (χ1v) is 7.36. The van der Waals surface area contributed by atoms with Gasteiger partial charge in [-0.3, -0.25) is 9.59 Å². The molecule has 20 heavy (non-hydrogen) atoms. The number of carbonyl (C=O) groups is 3. The van der Waals surface area contributed by atoms with Gasteiger partial charge >= 0.3 is 5.97 Å². The monoisotopic (exact) mass is 299 g/mol. The van der Waals surface area contributed by atoms with Gasteiger partial charge in [-0.15, -0.1) is 0 Å². The molecule has 0 aliphatic carbocycles. The Morgan fingerprint density at radius 2 is 1.65 bits per heavy atom. The fourth-order valence-electron chi connectivity index (χ4n) is 1.48. The molecule has 0 saturated heterocycles. The number of sulfone groups is 1. The van der Waals surface area contributed by atoms with Crippen molar-refractivity contribution >= 4 is 27.5 Å². The van der Waals surface area contributed by atoms with Gasteiger partial charge < -0.3 is 10.4 Å². The number of benzene rings is 1. The van der Waals surface area contributed by atoms with E-state index in [0.717, 1.165) is 13.2 Å². The van der Waals surface area contributed by atoms with E-state index in [0.29, 0.717) is 0 Å². The molecule has 2 N–H and O–H groups in total. The number of amides is 1. The van der Waals surface area contributed by atoms with Crippen molar-refractivity contribution in [1.29, 1.82) is 0 Å². The summed E-state index contributed by atoms with van der Waals surface area (Å²) in [5.41, 5.74) is -0.00134. The molecule has 7 nitrogen and oxygen atoms in total. The quantitative estimate of drug-likeness (QED) is 0.577. The molecule has 0 radical (unpaired) electrons. The first kappa shape index (κ1) is 15.8. The van der Waals surface area contributed by atoms with E-state index >= 15 is 0 Å². The number of rotatable bonds is 5. The number of carboxylic acids is 1. The molecule has 0 bridgehead atoms. The molecule has 0 fully saturated rings. The van der Waals surface area contributed by atoms with Crippen LogP contribution in [0.25, 0.3) is 0 Å². The largest absolute Gasteiger partial charge is 0.479 e. The molecule has 1 aromatic rings. The summed E-state index contributed by atoms with van der Waals surface area (Å²) in [6, 6.07) is 3.12. The summed E-state index contributed by atoms with van der Waals surface area (Å²) in [6.07, 6.45) is 1.02. The van der Waals surface area contributed by atoms with Gasteiger partial charge in [0.25, 0.3) is 0 Å². The lowest BCUT2D eigenvalue weighted by Gasteiger charge is -2.12. The zero-order chi connectivity index (χ0) is 15.5. The van der Waals surface area contributed by atoms with Gasteiger partial charge in [-0.25, -0.2) is 13.2 Å². The van der Waals surface area contributed by atoms with Crippen LogP contribution in [0.5, 0.6) is 0 Å². The zero-order valence-corrected chi connectivity index (χ0v) is 11.6. The number of aliphatic carboxylic acids is 1. The molecule has 1 aromatic carbocycles. The van der Waals surface area contributed by atoms with E-state index in [2.05, 4.69) is 0 Å². The van der Waals surface area contributed by atoms with Crippen molar-refractivity contribution in [3.8, 4) is 0 Å². The predicted octanol–water partition coefficient (Wildman–Crippen LogP) is -0.138. The molecule has 0 aliphatic rings. The molecule has 1 amide bonds. The Balaban J connectivity index is 3.07. The number of ketones is 1. The topological polar surface area (TPSA) is 118 Å². The third-order valence-electron chi connectivity index (χ3n) is 2.42. The highest BCUT2D eigenvalue weighted by Gasteiger charge is 2.28. The van der Waals surface area contributed by atoms with Crippen molar-refractivity contribution in [2.75, 3.05) is 6.26 Å². The molecule has 1 unspecified atom stereocenters. The van der Waals surface area contributed by atoms with Crippen LogP contribution in [0.1, 0.15) is 17.3 Å². The van der Waals surface area contributed by atoms with Gasteiger partial charge in [0.15, 0.2) is 21.7 Å². The smallest absolute Gasteiger partial charge is 0.334 e. The fraction of sp³-hybridized carbons (Fsp3) is 0.250. The number of hydrogen-bond acceptors (Lipinski definition) is 5. The lowest BCUT2D eigenvalue weighted by Crippen LogP contribution is -2.45. The lowest BCUT2D eigenvalue weighted by molar-refractivity contribution is -0.140. The minimum absolute atomic E-state index is 0.00134. The van der Waals surface area contributed by atoms with Crippen molar-refractivity contribution in [3.05, 3.63) is 29.8 Å². The molecule has 8 heteroatoms. The second kappa shape index (κ2) is 5.83. The summed E-state index contributed by atoms with van der Waals surface area (Å²) in [5.74, 6) is -2.97. The van der Waals surface area contributed by atoms with Crippen LogP contribution >= 0.6 is 0 Å². The first-order chi connectivity index (χ1) is 9.12. The highest BCUT2D eigenvalue weighted by atomic mass is 32.2. The van der Waals surface area contributed by atoms with Gasteiger partial charge in [0.05, 0.1) is 4.90 Å². The van der Waals surface area contributed by atoms with E-state index in [1.54, 1.807) is 0 Å². The number of Topliss-reactive ketones (excluding diaryl/α,β-unsaturated/α-hetero) is 1. The average molecular weight is 299 g/mol. The van der Waals surface area contributed by atoms with Gasteiger partial charge in [-0.05, 0) is 12.1 Å². The van der Waals surface area contributed by atoms with Crippen LogP contribution in [-0.4, -0.2) is 43.5 Å². The molecule has 1 atom stereocenters. The Morgan fingerprint density at radius 3 is 2.00 bits per heavy atom. The maximum absolute atomic E-state index is 11.9. The van der Waals surface area contributed by atoms with Crippen LogP contribution in [0.3, 0.4) is 0 Å². The van der Waals surface area contributed by atoms with Crippen LogP contribution in [0.15, 0.2) is 29.2 Å². The molecule has 0 heterocycles. The predicted molar refractivity (Wildman–Crippen MR) is 69.1 cm³/mol. The van der Waals surface area contributed by atoms with Crippen molar-refractivity contribution in [2.24, 2.45) is 0 Å². The maximum atomic E-state index is 11.9. The number of nitrogens with one attached hydrogen (secondary N) is 1. The molecule has 0 saturated carbocycles. The molecular weight excluding hydrogens is 286 g/mol. The summed E-state index contributed by atoms with van der Waals surface area (Å²) in [7, 11) is -3.40. The van der Waals surface area contributed by atoms with Crippen LogP contribution in [0.2, 0.25) is 0 Å². The molecule has 1 rings (SSSR count). The van der Waals surface area contributed by atoms with E-state index in [1.165, 1.54) is 24.3 Å². The van der Waals surface area contributed by atoms with Gasteiger partial charge in [0.2, 0.25) is 5.91 Å². The Morgan fingerprint density at radius 1 is 1.15 bits per heavy atom. The van der Waals surface area contributed by atoms with E-state index in [9.17, 15) is 22.8 Å². The zero-order valence-electron chi connectivity index (χ0n) is 10.8. The van der Waals surface area contributed by atoms with Crippen molar-refractivity contribution in [2.45, 2.75) is 17.9 Å². The lowest BCUT2D eigenvalue weighted by atomic mass is 10.0. The highest BCUT2D eigenvalue weighted by molar-refractivity contribution is 7.90. The Hall–Kier alpha value is -2.22. The first-order valence-electron chi connectivity index (χ1n) is 5.47. The summed E-state index contributed by atoms with van der Waals surface area (Å²) in [4.78, 5) is 33.8. The van der Waals surface area contributed by atoms with Gasteiger partial charge in [0.1, 0.15) is 0 Å². The minimum Gasteiger partial charge on any atom is -0.479 e. The molecular formula is C12H13NO6S. The second-order valence-corrected chi connectivity index (χ2v) is 6.15. The summed E-state index contributed by atoms with van der Waals surface area (Å²) < 4.78 is 22.5. The Bertz CT molecular complexity index is 647. The average Bonchev–Trinajstić information content (AvgIpc) is 2.33. The summed E-state index contributed by atoms with van der Waals surface area (Å²) >= 11 is 0. The summed E-state index contributed by atoms with van der Waals surface area (Å²) in [5, 5.41) is 10.9. The van der Waals surface area contributed by atoms with Crippen LogP contribution < -0.4 is 5.32 Å². The normalized spacial score (nSPS) is 12.5. The van der Waals surface area contributed by atoms with E-state index in [1.807, 2.05) is 5.32 Å². The van der Waals surface area contributed by atoms with Gasteiger partial charge in [0, 0.05) is 18.7 Å². The number of carbonyl (C=O) groups excluding carboxylic acids is 2. The van der Waals surface area contributed by atoms with Crippen molar-refractivity contribution in [1.82, 2.24) is 5.32 Å². The van der Waals surface area contributed by atoms with Crippen molar-refractivity contribution in [3.63, 3.8) is 0 Å². The van der Waals surface area contributed by atoms with E-state index in [-0.39, 0.29) is 10.5 Å². The van der Waals surface area contributed by atoms with E-state index < -0.39 is 33.5 Å². The Kier molecular flexibility index (Phi) is 4.61. The molecule has 0 aliphatic heterocycles. The standard InChI is InChI=1S/C12H13NO6S/c1-7(14)13-10(12(16)17)11(15)8-3-5-9(6-4-8)20(2,18)19/h3-6,10H,1-2H3,(H,13,14)(H,16,17). The van der Waals surface area contributed by atoms with Crippen LogP contribution in [0, 0.1) is 0 Å². The third kappa shape index (κ3) is 3.89. The Labute approximate surface area is 115 Å². The van der Waals surface area contributed by atoms with Crippen molar-refractivity contribution < 1.29 is 27.9 Å². The number of hydrogen-bond donors (Lipinski definition) is 2. The molecule has 108 valence electrons. The SMILES string of the molecule is CC(=O)NC(C(=O)O)C(=O)c1ccc(S(C)(=O)=O)cc1. The van der Waals surface area contributed by atoms with Gasteiger partial charge in [-0.2, -0.15) is 0 Å². The third-order valence-corrected chi connectivity index (χ3v) is 3.55. The summed E-state index contributed by atoms with van der Waals surface area (Å²) in [6.45, 7) is 1.09. The maximum Gasteiger partial charge on any atom is 0.334 e. The fourth-order valence-corrected chi connectivity index (χ4v) is 2.11. The number of carboxylic acid groups (broad SMARTS) is 1.